The van der Waals surface area contributed by atoms with Gasteiger partial charge in [0.15, 0.2) is 0 Å². The highest BCUT2D eigenvalue weighted by molar-refractivity contribution is 5.94. The number of aromatic nitrogens is 1. The number of amides is 1. The number of aliphatic hydroxyl groups is 1. The number of hydrogen-bond acceptors (Lipinski definition) is 5. The predicted octanol–water partition coefficient (Wildman–Crippen LogP) is 3.10. The first-order valence-corrected chi connectivity index (χ1v) is 7.77. The second-order valence-corrected chi connectivity index (χ2v) is 5.75. The Hall–Kier alpha value is -3.12. The predicted molar refractivity (Wildman–Crippen MR) is 91.4 cm³/mol. The molecule has 1 atom stereocenters. The lowest BCUT2D eigenvalue weighted by Gasteiger charge is -2.21. The Morgan fingerprint density at radius 1 is 1.20 bits per heavy atom. The van der Waals surface area contributed by atoms with Crippen LogP contribution in [0.1, 0.15) is 23.0 Å². The van der Waals surface area contributed by atoms with E-state index in [1.54, 1.807) is 67.8 Å². The van der Waals surface area contributed by atoms with E-state index < -0.39 is 5.60 Å². The summed E-state index contributed by atoms with van der Waals surface area (Å²) in [7, 11) is 0. The van der Waals surface area contributed by atoms with Crippen molar-refractivity contribution in [3.63, 3.8) is 0 Å². The second kappa shape index (κ2) is 7.19. The fraction of sp³-hybridized carbons (Fsp3) is 0.158. The van der Waals surface area contributed by atoms with E-state index >= 15 is 0 Å². The van der Waals surface area contributed by atoms with Crippen molar-refractivity contribution in [2.24, 2.45) is 0 Å². The van der Waals surface area contributed by atoms with Crippen LogP contribution >= 0.6 is 0 Å². The number of carbonyl (C=O) groups is 1. The number of rotatable bonds is 6. The quantitative estimate of drug-likeness (QED) is 0.721. The Kier molecular flexibility index (Phi) is 4.81. The van der Waals surface area contributed by atoms with Crippen LogP contribution in [-0.4, -0.2) is 22.5 Å². The monoisotopic (exact) mass is 338 g/mol. The fourth-order valence-corrected chi connectivity index (χ4v) is 2.24. The Morgan fingerprint density at radius 2 is 2.00 bits per heavy atom. The van der Waals surface area contributed by atoms with Crippen molar-refractivity contribution in [1.29, 1.82) is 0 Å². The van der Waals surface area contributed by atoms with Gasteiger partial charge < -0.3 is 19.6 Å². The molecule has 0 saturated heterocycles. The van der Waals surface area contributed by atoms with Gasteiger partial charge >= 0.3 is 0 Å². The molecule has 0 aliphatic carbocycles. The van der Waals surface area contributed by atoms with E-state index in [4.69, 9.17) is 9.15 Å². The number of nitrogens with zero attached hydrogens (tertiary/aromatic N) is 1. The zero-order valence-corrected chi connectivity index (χ0v) is 13.7. The number of furan rings is 1. The number of carbonyl (C=O) groups excluding carboxylic acids is 1. The van der Waals surface area contributed by atoms with Gasteiger partial charge in [-0.3, -0.25) is 9.78 Å². The molecule has 3 rings (SSSR count). The summed E-state index contributed by atoms with van der Waals surface area (Å²) in [6.45, 7) is 1.62. The average molecular weight is 338 g/mol. The van der Waals surface area contributed by atoms with Crippen molar-refractivity contribution < 1.29 is 19.1 Å². The van der Waals surface area contributed by atoms with E-state index in [0.717, 1.165) is 0 Å². The molecule has 1 unspecified atom stereocenters. The lowest BCUT2D eigenvalue weighted by Crippen LogP contribution is -2.38. The number of nitrogens with one attached hydrogen (secondary N) is 1. The van der Waals surface area contributed by atoms with Crippen LogP contribution in [0.25, 0.3) is 0 Å². The Bertz CT molecular complexity index is 812. The van der Waals surface area contributed by atoms with E-state index in [1.807, 2.05) is 0 Å². The van der Waals surface area contributed by atoms with E-state index in [0.29, 0.717) is 22.8 Å². The van der Waals surface area contributed by atoms with Gasteiger partial charge in [-0.15, -0.1) is 0 Å². The number of hydrogen-bond donors (Lipinski definition) is 2. The summed E-state index contributed by atoms with van der Waals surface area (Å²) in [6.07, 6.45) is 4.75. The molecule has 1 amide bonds. The summed E-state index contributed by atoms with van der Waals surface area (Å²) in [5.74, 6) is 1.33. The summed E-state index contributed by atoms with van der Waals surface area (Å²) in [4.78, 5) is 16.2. The van der Waals surface area contributed by atoms with Gasteiger partial charge in [0.2, 0.25) is 0 Å². The Balaban J connectivity index is 1.59. The van der Waals surface area contributed by atoms with Gasteiger partial charge in [-0.1, -0.05) is 0 Å². The molecular weight excluding hydrogens is 320 g/mol. The van der Waals surface area contributed by atoms with Crippen LogP contribution in [0.2, 0.25) is 0 Å². The van der Waals surface area contributed by atoms with Crippen LogP contribution in [0.3, 0.4) is 0 Å². The minimum atomic E-state index is -1.28. The molecule has 2 N–H and O–H groups in total. The molecule has 0 spiro atoms. The minimum absolute atomic E-state index is 0.0350. The van der Waals surface area contributed by atoms with E-state index in [1.165, 1.54) is 6.26 Å². The number of ether oxygens (including phenoxy) is 1. The summed E-state index contributed by atoms with van der Waals surface area (Å²) in [5, 5.41) is 13.0. The van der Waals surface area contributed by atoms with Gasteiger partial charge in [0.1, 0.15) is 22.9 Å². The molecule has 2 aromatic heterocycles. The summed E-state index contributed by atoms with van der Waals surface area (Å²) >= 11 is 0. The van der Waals surface area contributed by atoms with Crippen LogP contribution in [-0.2, 0) is 5.60 Å². The molecule has 6 nitrogen and oxygen atoms in total. The second-order valence-electron chi connectivity index (χ2n) is 5.75. The maximum Gasteiger partial charge on any atom is 0.251 e. The first kappa shape index (κ1) is 16.7. The Labute approximate surface area is 145 Å². The normalized spacial score (nSPS) is 13.0. The zero-order chi connectivity index (χ0) is 17.7. The van der Waals surface area contributed by atoms with Crippen LogP contribution in [0.15, 0.2) is 71.6 Å². The van der Waals surface area contributed by atoms with Gasteiger partial charge in [0.25, 0.3) is 5.91 Å². The van der Waals surface area contributed by atoms with Crippen molar-refractivity contribution in [3.05, 3.63) is 78.5 Å². The van der Waals surface area contributed by atoms with E-state index in [9.17, 15) is 9.90 Å². The van der Waals surface area contributed by atoms with Crippen LogP contribution < -0.4 is 10.1 Å². The van der Waals surface area contributed by atoms with Gasteiger partial charge in [-0.05, 0) is 55.5 Å². The van der Waals surface area contributed by atoms with Crippen LogP contribution in [0.4, 0.5) is 0 Å². The third-order valence-electron chi connectivity index (χ3n) is 3.63. The maximum absolute atomic E-state index is 12.2. The summed E-state index contributed by atoms with van der Waals surface area (Å²) < 4.78 is 10.8. The lowest BCUT2D eigenvalue weighted by atomic mass is 10.0. The lowest BCUT2D eigenvalue weighted by molar-refractivity contribution is 0.0330. The van der Waals surface area contributed by atoms with Crippen LogP contribution in [0.5, 0.6) is 11.5 Å². The smallest absolute Gasteiger partial charge is 0.251 e. The molecule has 6 heteroatoms. The average Bonchev–Trinajstić information content (AvgIpc) is 3.17. The molecule has 2 heterocycles. The van der Waals surface area contributed by atoms with E-state index in [-0.39, 0.29) is 12.5 Å². The maximum atomic E-state index is 12.2. The van der Waals surface area contributed by atoms with Gasteiger partial charge in [0.05, 0.1) is 19.0 Å². The first-order valence-electron chi connectivity index (χ1n) is 7.77. The van der Waals surface area contributed by atoms with Crippen molar-refractivity contribution in [1.82, 2.24) is 10.3 Å². The SMILES string of the molecule is CC(O)(CNC(=O)c1ccc(Oc2cccnc2)cc1)c1ccco1. The number of pyridine rings is 1. The topological polar surface area (TPSA) is 84.6 Å². The third-order valence-corrected chi connectivity index (χ3v) is 3.63. The standard InChI is InChI=1S/C19H18N2O4/c1-19(23,17-5-3-11-24-17)13-21-18(22)14-6-8-15(9-7-14)25-16-4-2-10-20-12-16/h2-12,23H,13H2,1H3,(H,21,22). The fourth-order valence-electron chi connectivity index (χ4n) is 2.24. The van der Waals surface area contributed by atoms with Crippen molar-refractivity contribution >= 4 is 5.91 Å². The molecule has 0 saturated carbocycles. The molecule has 0 radical (unpaired) electrons. The largest absolute Gasteiger partial charge is 0.466 e. The van der Waals surface area contributed by atoms with Crippen molar-refractivity contribution in [2.45, 2.75) is 12.5 Å². The summed E-state index contributed by atoms with van der Waals surface area (Å²) in [6, 6.07) is 13.6. The minimum Gasteiger partial charge on any atom is -0.466 e. The Morgan fingerprint density at radius 3 is 2.64 bits per heavy atom. The highest BCUT2D eigenvalue weighted by Crippen LogP contribution is 2.22. The van der Waals surface area contributed by atoms with E-state index in [2.05, 4.69) is 10.3 Å². The first-order chi connectivity index (χ1) is 12.0. The van der Waals surface area contributed by atoms with Crippen LogP contribution in [0, 0.1) is 0 Å². The third kappa shape index (κ3) is 4.24. The van der Waals surface area contributed by atoms with Crippen molar-refractivity contribution in [2.75, 3.05) is 6.54 Å². The molecule has 0 bridgehead atoms. The molecule has 3 aromatic rings. The molecular formula is C19H18N2O4. The zero-order valence-electron chi connectivity index (χ0n) is 13.7. The summed E-state index contributed by atoms with van der Waals surface area (Å²) in [5.41, 5.74) is -0.809. The molecule has 1 aromatic carbocycles. The molecule has 25 heavy (non-hydrogen) atoms. The van der Waals surface area contributed by atoms with Gasteiger partial charge in [-0.25, -0.2) is 0 Å². The molecule has 0 aliphatic rings. The van der Waals surface area contributed by atoms with Gasteiger partial charge in [0, 0.05) is 11.8 Å². The van der Waals surface area contributed by atoms with Crippen molar-refractivity contribution in [3.8, 4) is 11.5 Å². The highest BCUT2D eigenvalue weighted by atomic mass is 16.5. The molecule has 0 fully saturated rings. The molecule has 0 aliphatic heterocycles. The molecule has 128 valence electrons. The number of benzene rings is 1. The highest BCUT2D eigenvalue weighted by Gasteiger charge is 2.26. The van der Waals surface area contributed by atoms with Gasteiger partial charge in [-0.2, -0.15) is 0 Å².